The highest BCUT2D eigenvalue weighted by molar-refractivity contribution is 4.98. The van der Waals surface area contributed by atoms with E-state index in [9.17, 15) is 8.78 Å². The van der Waals surface area contributed by atoms with Crippen molar-refractivity contribution in [3.63, 3.8) is 0 Å². The first-order valence-electron chi connectivity index (χ1n) is 5.86. The van der Waals surface area contributed by atoms with Crippen LogP contribution in [0.25, 0.3) is 0 Å². The van der Waals surface area contributed by atoms with E-state index in [1.165, 1.54) is 0 Å². The second kappa shape index (κ2) is 4.00. The van der Waals surface area contributed by atoms with Crippen LogP contribution in [0.5, 0.6) is 0 Å². The van der Waals surface area contributed by atoms with Crippen molar-refractivity contribution in [3.8, 4) is 0 Å². The highest BCUT2D eigenvalue weighted by Crippen LogP contribution is 2.44. The fourth-order valence-electron chi connectivity index (χ4n) is 2.89. The van der Waals surface area contributed by atoms with Crippen LogP contribution < -0.4 is 0 Å². The summed E-state index contributed by atoms with van der Waals surface area (Å²) in [5.41, 5.74) is 0. The summed E-state index contributed by atoms with van der Waals surface area (Å²) in [6.45, 7) is 11.3. The quantitative estimate of drug-likeness (QED) is 0.653. The largest absolute Gasteiger partial charge is 0.295 e. The topological polar surface area (TPSA) is 3.24 Å². The number of hydrogen-bond acceptors (Lipinski definition) is 1. The molecule has 0 aromatic heterocycles. The summed E-state index contributed by atoms with van der Waals surface area (Å²) < 4.78 is 27.8. The molecule has 1 rings (SSSR count). The van der Waals surface area contributed by atoms with E-state index in [0.717, 1.165) is 0 Å². The summed E-state index contributed by atoms with van der Waals surface area (Å²) >= 11 is 0. The van der Waals surface area contributed by atoms with Crippen LogP contribution in [-0.4, -0.2) is 28.9 Å². The van der Waals surface area contributed by atoms with Crippen LogP contribution in [0.1, 0.15) is 41.5 Å². The Balaban J connectivity index is 3.00. The summed E-state index contributed by atoms with van der Waals surface area (Å²) in [5.74, 6) is -3.67. The minimum Gasteiger partial charge on any atom is -0.295 e. The second-order valence-corrected chi connectivity index (χ2v) is 5.27. The van der Waals surface area contributed by atoms with E-state index in [1.807, 2.05) is 13.8 Å². The number of likely N-dealkylation sites (tertiary alicyclic amines) is 1. The number of nitrogens with zero attached hydrogens (tertiary/aromatic N) is 1. The smallest absolute Gasteiger partial charge is 0.256 e. The van der Waals surface area contributed by atoms with Gasteiger partial charge in [-0.2, -0.15) is 0 Å². The van der Waals surface area contributed by atoms with Gasteiger partial charge in [0.05, 0.1) is 0 Å². The van der Waals surface area contributed by atoms with Crippen molar-refractivity contribution in [2.24, 2.45) is 11.8 Å². The van der Waals surface area contributed by atoms with Gasteiger partial charge < -0.3 is 0 Å². The standard InChI is InChI=1S/C12H23F2N/c1-7(2)15-10(5)8(3)12(13,14)9(4)11(15)6/h7-11H,1-6H3. The van der Waals surface area contributed by atoms with Crippen molar-refractivity contribution in [3.05, 3.63) is 0 Å². The molecule has 0 aromatic rings. The van der Waals surface area contributed by atoms with Gasteiger partial charge in [0.1, 0.15) is 0 Å². The molecule has 3 heteroatoms. The lowest BCUT2D eigenvalue weighted by molar-refractivity contribution is -0.184. The molecular weight excluding hydrogens is 196 g/mol. The minimum absolute atomic E-state index is 0.0498. The molecule has 1 aliphatic heterocycles. The Morgan fingerprint density at radius 1 is 0.933 bits per heavy atom. The zero-order valence-corrected chi connectivity index (χ0v) is 10.6. The van der Waals surface area contributed by atoms with Gasteiger partial charge in [-0.1, -0.05) is 13.8 Å². The molecular formula is C12H23F2N. The van der Waals surface area contributed by atoms with E-state index in [1.54, 1.807) is 13.8 Å². The number of hydrogen-bond donors (Lipinski definition) is 0. The van der Waals surface area contributed by atoms with Gasteiger partial charge in [0, 0.05) is 30.0 Å². The van der Waals surface area contributed by atoms with Gasteiger partial charge in [-0.3, -0.25) is 4.90 Å². The zero-order valence-electron chi connectivity index (χ0n) is 10.6. The Kier molecular flexibility index (Phi) is 3.44. The van der Waals surface area contributed by atoms with Crippen LogP contribution in [0.3, 0.4) is 0 Å². The van der Waals surface area contributed by atoms with E-state index in [2.05, 4.69) is 18.7 Å². The fraction of sp³-hybridized carbons (Fsp3) is 1.00. The molecule has 1 saturated heterocycles. The Morgan fingerprint density at radius 3 is 1.53 bits per heavy atom. The van der Waals surface area contributed by atoms with Crippen LogP contribution in [-0.2, 0) is 0 Å². The van der Waals surface area contributed by atoms with E-state index in [-0.39, 0.29) is 12.1 Å². The maximum absolute atomic E-state index is 13.9. The first-order chi connectivity index (χ1) is 6.71. The Labute approximate surface area is 91.8 Å². The maximum atomic E-state index is 13.9. The van der Waals surface area contributed by atoms with Crippen LogP contribution in [0, 0.1) is 11.8 Å². The van der Waals surface area contributed by atoms with Gasteiger partial charge in [0.15, 0.2) is 0 Å². The predicted molar refractivity (Wildman–Crippen MR) is 59.2 cm³/mol. The Bertz CT molecular complexity index is 210. The molecule has 0 bridgehead atoms. The zero-order chi connectivity index (χ0) is 12.0. The molecule has 0 amide bonds. The first kappa shape index (κ1) is 12.9. The summed E-state index contributed by atoms with van der Waals surface area (Å²) in [4.78, 5) is 2.22. The van der Waals surface area contributed by atoms with Gasteiger partial charge >= 0.3 is 0 Å². The molecule has 0 spiro atoms. The third kappa shape index (κ3) is 1.91. The van der Waals surface area contributed by atoms with Crippen molar-refractivity contribution in [2.75, 3.05) is 0 Å². The van der Waals surface area contributed by atoms with Crippen LogP contribution in [0.15, 0.2) is 0 Å². The summed E-state index contributed by atoms with van der Waals surface area (Å²) in [7, 11) is 0. The SMILES string of the molecule is CC(C)N1C(C)C(C)C(F)(F)C(C)C1C. The van der Waals surface area contributed by atoms with Gasteiger partial charge in [0.25, 0.3) is 5.92 Å². The molecule has 0 radical (unpaired) electrons. The number of alkyl halides is 2. The fourth-order valence-corrected chi connectivity index (χ4v) is 2.89. The lowest BCUT2D eigenvalue weighted by atomic mass is 9.77. The molecule has 0 saturated carbocycles. The van der Waals surface area contributed by atoms with Gasteiger partial charge in [-0.25, -0.2) is 8.78 Å². The molecule has 4 atom stereocenters. The predicted octanol–water partition coefficient (Wildman–Crippen LogP) is 3.39. The molecule has 0 N–H and O–H groups in total. The lowest BCUT2D eigenvalue weighted by Gasteiger charge is -2.52. The van der Waals surface area contributed by atoms with E-state index < -0.39 is 17.8 Å². The van der Waals surface area contributed by atoms with E-state index >= 15 is 0 Å². The molecule has 1 aliphatic rings. The van der Waals surface area contributed by atoms with Gasteiger partial charge in [-0.05, 0) is 27.7 Å². The highest BCUT2D eigenvalue weighted by atomic mass is 19.3. The summed E-state index contributed by atoms with van der Waals surface area (Å²) in [5, 5.41) is 0. The van der Waals surface area contributed by atoms with Crippen LogP contribution in [0.2, 0.25) is 0 Å². The molecule has 90 valence electrons. The molecule has 1 heterocycles. The average molecular weight is 219 g/mol. The van der Waals surface area contributed by atoms with Gasteiger partial charge in [0.2, 0.25) is 0 Å². The average Bonchev–Trinajstić information content (AvgIpc) is 2.12. The summed E-state index contributed by atoms with van der Waals surface area (Å²) in [6, 6.07) is 0.230. The third-order valence-electron chi connectivity index (χ3n) is 4.20. The molecule has 1 nitrogen and oxygen atoms in total. The number of halogens is 2. The number of piperidine rings is 1. The Hall–Kier alpha value is -0.180. The normalized spacial score (nSPS) is 42.2. The Morgan fingerprint density at radius 2 is 1.27 bits per heavy atom. The molecule has 15 heavy (non-hydrogen) atoms. The lowest BCUT2D eigenvalue weighted by Crippen LogP contribution is -2.62. The molecule has 4 unspecified atom stereocenters. The van der Waals surface area contributed by atoms with Gasteiger partial charge in [-0.15, -0.1) is 0 Å². The van der Waals surface area contributed by atoms with Crippen molar-refractivity contribution in [1.82, 2.24) is 4.90 Å². The van der Waals surface area contributed by atoms with Crippen LogP contribution >= 0.6 is 0 Å². The molecule has 1 fully saturated rings. The van der Waals surface area contributed by atoms with Crippen molar-refractivity contribution < 1.29 is 8.78 Å². The third-order valence-corrected chi connectivity index (χ3v) is 4.20. The first-order valence-corrected chi connectivity index (χ1v) is 5.86. The van der Waals surface area contributed by atoms with E-state index in [0.29, 0.717) is 6.04 Å². The molecule has 0 aromatic carbocycles. The highest BCUT2D eigenvalue weighted by Gasteiger charge is 2.54. The van der Waals surface area contributed by atoms with Crippen LogP contribution in [0.4, 0.5) is 8.78 Å². The monoisotopic (exact) mass is 219 g/mol. The minimum atomic E-state index is -2.54. The number of rotatable bonds is 1. The second-order valence-electron chi connectivity index (χ2n) is 5.27. The summed E-state index contributed by atoms with van der Waals surface area (Å²) in [6.07, 6.45) is 0. The van der Waals surface area contributed by atoms with E-state index in [4.69, 9.17) is 0 Å². The van der Waals surface area contributed by atoms with Crippen molar-refractivity contribution >= 4 is 0 Å². The molecule has 0 aliphatic carbocycles. The maximum Gasteiger partial charge on any atom is 0.256 e. The van der Waals surface area contributed by atoms with Crippen molar-refractivity contribution in [2.45, 2.75) is 65.6 Å². The van der Waals surface area contributed by atoms with Crippen molar-refractivity contribution in [1.29, 1.82) is 0 Å².